The van der Waals surface area contributed by atoms with Crippen molar-refractivity contribution in [3.63, 3.8) is 0 Å². The van der Waals surface area contributed by atoms with Crippen LogP contribution in [-0.2, 0) is 22.7 Å². The summed E-state index contributed by atoms with van der Waals surface area (Å²) in [7, 11) is 0. The summed E-state index contributed by atoms with van der Waals surface area (Å²) in [6.45, 7) is 5.06. The summed E-state index contributed by atoms with van der Waals surface area (Å²) in [5, 5.41) is 9.23. The minimum Gasteiger partial charge on any atom is -0.485 e. The monoisotopic (exact) mass is 397 g/mol. The Morgan fingerprint density at radius 1 is 1.07 bits per heavy atom. The Labute approximate surface area is 168 Å². The van der Waals surface area contributed by atoms with E-state index >= 15 is 0 Å². The second-order valence-corrected chi connectivity index (χ2v) is 7.06. The summed E-state index contributed by atoms with van der Waals surface area (Å²) in [6.07, 6.45) is 0. The zero-order valence-corrected chi connectivity index (χ0v) is 16.8. The van der Waals surface area contributed by atoms with Crippen molar-refractivity contribution in [1.29, 1.82) is 0 Å². The van der Waals surface area contributed by atoms with Crippen LogP contribution in [0.3, 0.4) is 0 Å². The van der Waals surface area contributed by atoms with Gasteiger partial charge >= 0.3 is 5.97 Å². The third-order valence-electron chi connectivity index (χ3n) is 4.05. The van der Waals surface area contributed by atoms with Gasteiger partial charge in [0.15, 0.2) is 11.0 Å². The van der Waals surface area contributed by atoms with Crippen LogP contribution in [0.5, 0.6) is 5.75 Å². The molecule has 7 heteroatoms. The molecule has 0 aliphatic carbocycles. The normalized spacial score (nSPS) is 10.6. The Balaban J connectivity index is 1.78. The van der Waals surface area contributed by atoms with E-state index < -0.39 is 0 Å². The summed E-state index contributed by atoms with van der Waals surface area (Å²) >= 11 is 1.32. The van der Waals surface area contributed by atoms with Crippen molar-refractivity contribution >= 4 is 17.7 Å². The predicted octanol–water partition coefficient (Wildman–Crippen LogP) is 3.87. The number of nitrogens with zero attached hydrogens (tertiary/aromatic N) is 3. The second-order valence-electron chi connectivity index (χ2n) is 6.12. The van der Waals surface area contributed by atoms with Gasteiger partial charge in [-0.2, -0.15) is 0 Å². The molecule has 6 nitrogen and oxygen atoms in total. The average molecular weight is 398 g/mol. The highest BCUT2D eigenvalue weighted by Crippen LogP contribution is 2.22. The van der Waals surface area contributed by atoms with Crippen LogP contribution in [-0.4, -0.2) is 33.1 Å². The number of hydrogen-bond acceptors (Lipinski definition) is 6. The third-order valence-corrected chi connectivity index (χ3v) is 4.99. The molecule has 3 rings (SSSR count). The molecule has 0 atom stereocenters. The number of thioether (sulfide) groups is 1. The van der Waals surface area contributed by atoms with E-state index in [0.29, 0.717) is 30.7 Å². The molecule has 0 fully saturated rings. The number of carbonyl (C=O) groups is 1. The number of hydrogen-bond donors (Lipinski definition) is 0. The number of benzene rings is 2. The Kier molecular flexibility index (Phi) is 7.08. The number of aryl methyl sites for hydroxylation is 1. The van der Waals surface area contributed by atoms with Crippen LogP contribution in [0.1, 0.15) is 23.9 Å². The zero-order valence-electron chi connectivity index (χ0n) is 16.0. The molecule has 0 aliphatic heterocycles. The van der Waals surface area contributed by atoms with Gasteiger partial charge in [-0.05, 0) is 31.0 Å². The fraction of sp³-hybridized carbons (Fsp3) is 0.286. The molecule has 0 spiro atoms. The minimum absolute atomic E-state index is 0.194. The van der Waals surface area contributed by atoms with Crippen LogP contribution in [0.15, 0.2) is 59.8 Å². The smallest absolute Gasteiger partial charge is 0.316 e. The Bertz CT molecular complexity index is 912. The lowest BCUT2D eigenvalue weighted by molar-refractivity contribution is -0.139. The molecule has 0 radical (unpaired) electrons. The highest BCUT2D eigenvalue weighted by atomic mass is 32.2. The van der Waals surface area contributed by atoms with E-state index in [9.17, 15) is 4.79 Å². The van der Waals surface area contributed by atoms with Crippen LogP contribution in [0, 0.1) is 6.92 Å². The maximum atomic E-state index is 11.7. The largest absolute Gasteiger partial charge is 0.485 e. The number of esters is 1. The molecule has 28 heavy (non-hydrogen) atoms. The standard InChI is InChI=1S/C21H23N3O3S/c1-3-26-20(25)15-28-21-23-22-19(14-27-18-12-8-7-9-16(18)2)24(21)13-17-10-5-4-6-11-17/h4-12H,3,13-15H2,1-2H3. The van der Waals surface area contributed by atoms with Crippen LogP contribution in [0.2, 0.25) is 0 Å². The zero-order chi connectivity index (χ0) is 19.8. The maximum Gasteiger partial charge on any atom is 0.316 e. The van der Waals surface area contributed by atoms with E-state index in [-0.39, 0.29) is 11.7 Å². The van der Waals surface area contributed by atoms with E-state index in [1.165, 1.54) is 11.8 Å². The molecule has 0 aliphatic rings. The number of ether oxygens (including phenoxy) is 2. The third kappa shape index (κ3) is 5.36. The van der Waals surface area contributed by atoms with Crippen molar-refractivity contribution in [2.45, 2.75) is 32.2 Å². The summed E-state index contributed by atoms with van der Waals surface area (Å²) < 4.78 is 12.9. The van der Waals surface area contributed by atoms with Crippen molar-refractivity contribution in [2.24, 2.45) is 0 Å². The van der Waals surface area contributed by atoms with Gasteiger partial charge in [-0.25, -0.2) is 0 Å². The molecule has 0 N–H and O–H groups in total. The molecule has 0 saturated heterocycles. The number of carbonyl (C=O) groups excluding carboxylic acids is 1. The first-order valence-electron chi connectivity index (χ1n) is 9.10. The summed E-state index contributed by atoms with van der Waals surface area (Å²) in [4.78, 5) is 11.7. The average Bonchev–Trinajstić information content (AvgIpc) is 3.08. The summed E-state index contributed by atoms with van der Waals surface area (Å²) in [5.41, 5.74) is 2.19. The number of rotatable bonds is 9. The van der Waals surface area contributed by atoms with Crippen LogP contribution in [0.4, 0.5) is 0 Å². The second kappa shape index (κ2) is 9.94. The molecular formula is C21H23N3O3S. The molecule has 3 aromatic rings. The van der Waals surface area contributed by atoms with Gasteiger partial charge in [0, 0.05) is 0 Å². The molecule has 0 amide bonds. The van der Waals surface area contributed by atoms with Crippen LogP contribution < -0.4 is 4.74 Å². The molecule has 1 heterocycles. The molecular weight excluding hydrogens is 374 g/mol. The van der Waals surface area contributed by atoms with Crippen LogP contribution in [0.25, 0.3) is 0 Å². The highest BCUT2D eigenvalue weighted by Gasteiger charge is 2.16. The highest BCUT2D eigenvalue weighted by molar-refractivity contribution is 7.99. The lowest BCUT2D eigenvalue weighted by Crippen LogP contribution is -2.11. The molecule has 1 aromatic heterocycles. The van der Waals surface area contributed by atoms with Gasteiger partial charge in [0.25, 0.3) is 0 Å². The van der Waals surface area contributed by atoms with Crippen molar-refractivity contribution in [3.05, 3.63) is 71.5 Å². The van der Waals surface area contributed by atoms with E-state index in [1.54, 1.807) is 6.92 Å². The molecule has 146 valence electrons. The molecule has 0 bridgehead atoms. The summed E-state index contributed by atoms with van der Waals surface area (Å²) in [5.74, 6) is 1.45. The Hall–Kier alpha value is -2.80. The Morgan fingerprint density at radius 3 is 2.57 bits per heavy atom. The van der Waals surface area contributed by atoms with E-state index in [2.05, 4.69) is 10.2 Å². The van der Waals surface area contributed by atoms with Crippen molar-refractivity contribution < 1.29 is 14.3 Å². The number of para-hydroxylation sites is 1. The van der Waals surface area contributed by atoms with Gasteiger partial charge in [0.05, 0.1) is 18.9 Å². The van der Waals surface area contributed by atoms with Gasteiger partial charge < -0.3 is 9.47 Å². The summed E-state index contributed by atoms with van der Waals surface area (Å²) in [6, 6.07) is 17.9. The van der Waals surface area contributed by atoms with Gasteiger partial charge in [-0.1, -0.05) is 60.3 Å². The van der Waals surface area contributed by atoms with E-state index in [4.69, 9.17) is 9.47 Å². The topological polar surface area (TPSA) is 66.2 Å². The number of aromatic nitrogens is 3. The fourth-order valence-electron chi connectivity index (χ4n) is 2.64. The van der Waals surface area contributed by atoms with Crippen LogP contribution >= 0.6 is 11.8 Å². The van der Waals surface area contributed by atoms with Gasteiger partial charge in [0.1, 0.15) is 12.4 Å². The minimum atomic E-state index is -0.264. The molecule has 0 saturated carbocycles. The van der Waals surface area contributed by atoms with Gasteiger partial charge in [-0.15, -0.1) is 10.2 Å². The van der Waals surface area contributed by atoms with Gasteiger partial charge in [-0.3, -0.25) is 9.36 Å². The van der Waals surface area contributed by atoms with Crippen molar-refractivity contribution in [1.82, 2.24) is 14.8 Å². The lowest BCUT2D eigenvalue weighted by atomic mass is 10.2. The first kappa shape index (κ1) is 19.9. The van der Waals surface area contributed by atoms with Crippen molar-refractivity contribution in [2.75, 3.05) is 12.4 Å². The Morgan fingerprint density at radius 2 is 1.82 bits per heavy atom. The maximum absolute atomic E-state index is 11.7. The first-order chi connectivity index (χ1) is 13.7. The van der Waals surface area contributed by atoms with E-state index in [0.717, 1.165) is 16.9 Å². The van der Waals surface area contributed by atoms with Crippen molar-refractivity contribution in [3.8, 4) is 5.75 Å². The SMILES string of the molecule is CCOC(=O)CSc1nnc(COc2ccccc2C)n1Cc1ccccc1. The first-order valence-corrected chi connectivity index (χ1v) is 10.1. The fourth-order valence-corrected chi connectivity index (χ4v) is 3.40. The quantitative estimate of drug-likeness (QED) is 0.403. The van der Waals surface area contributed by atoms with Gasteiger partial charge in [0.2, 0.25) is 0 Å². The molecule has 2 aromatic carbocycles. The lowest BCUT2D eigenvalue weighted by Gasteiger charge is -2.12. The van der Waals surface area contributed by atoms with E-state index in [1.807, 2.05) is 66.1 Å². The molecule has 0 unspecified atom stereocenters. The predicted molar refractivity (Wildman–Crippen MR) is 108 cm³/mol.